The van der Waals surface area contributed by atoms with Gasteiger partial charge in [0.1, 0.15) is 11.8 Å². The van der Waals surface area contributed by atoms with Gasteiger partial charge in [0.05, 0.1) is 30.7 Å². The molecular formula is C20H21N5O4. The fraction of sp³-hybridized carbons (Fsp3) is 0.350. The van der Waals surface area contributed by atoms with Crippen molar-refractivity contribution in [1.29, 1.82) is 0 Å². The number of aryl methyl sites for hydroxylation is 1. The second kappa shape index (κ2) is 7.59. The highest BCUT2D eigenvalue weighted by Crippen LogP contribution is 2.22. The predicted molar refractivity (Wildman–Crippen MR) is 105 cm³/mol. The molecule has 3 aromatic rings. The number of morpholine rings is 1. The number of carbonyl (C=O) groups excluding carboxylic acids is 1. The minimum atomic E-state index is -0.441. The van der Waals surface area contributed by atoms with Gasteiger partial charge < -0.3 is 9.64 Å². The Bertz CT molecular complexity index is 1190. The summed E-state index contributed by atoms with van der Waals surface area (Å²) in [5.41, 5.74) is 0.769. The maximum atomic E-state index is 12.7. The molecule has 3 aromatic heterocycles. The van der Waals surface area contributed by atoms with Gasteiger partial charge in [-0.15, -0.1) is 0 Å². The van der Waals surface area contributed by atoms with Crippen LogP contribution in [0.15, 0.2) is 46.1 Å². The van der Waals surface area contributed by atoms with Gasteiger partial charge in [0.2, 0.25) is 5.91 Å². The number of nitrogens with zero attached hydrogens (tertiary/aromatic N) is 5. The lowest BCUT2D eigenvalue weighted by molar-refractivity contribution is -0.138. The second-order valence-corrected chi connectivity index (χ2v) is 7.01. The predicted octanol–water partition coefficient (Wildman–Crippen LogP) is 0.170. The van der Waals surface area contributed by atoms with Crippen molar-refractivity contribution in [3.05, 3.63) is 68.8 Å². The van der Waals surface area contributed by atoms with Crippen LogP contribution < -0.4 is 11.2 Å². The summed E-state index contributed by atoms with van der Waals surface area (Å²) in [5.74, 6) is -0.0286. The van der Waals surface area contributed by atoms with Crippen LogP contribution in [0.2, 0.25) is 0 Å². The third-order valence-electron chi connectivity index (χ3n) is 5.13. The summed E-state index contributed by atoms with van der Waals surface area (Å²) in [6.45, 7) is 1.23. The Kier molecular flexibility index (Phi) is 4.98. The van der Waals surface area contributed by atoms with Crippen molar-refractivity contribution < 1.29 is 9.53 Å². The van der Waals surface area contributed by atoms with E-state index in [-0.39, 0.29) is 17.9 Å². The zero-order valence-electron chi connectivity index (χ0n) is 16.2. The molecule has 0 aliphatic carbocycles. The molecular weight excluding hydrogens is 374 g/mol. The van der Waals surface area contributed by atoms with Crippen LogP contribution in [0.4, 0.5) is 0 Å². The summed E-state index contributed by atoms with van der Waals surface area (Å²) in [4.78, 5) is 47.6. The lowest BCUT2D eigenvalue weighted by Gasteiger charge is -2.32. The van der Waals surface area contributed by atoms with E-state index < -0.39 is 11.8 Å². The van der Waals surface area contributed by atoms with Crippen LogP contribution in [0.5, 0.6) is 0 Å². The SMILES string of the molecule is Cn1c(=O)c2ccc([C@@H]3CN(C(=O)Cc4ccccn4)CCO3)nc2n(C)c1=O. The third kappa shape index (κ3) is 3.56. The van der Waals surface area contributed by atoms with Crippen LogP contribution in [0.1, 0.15) is 17.5 Å². The number of pyridine rings is 2. The highest BCUT2D eigenvalue weighted by Gasteiger charge is 2.27. The Labute approximate surface area is 166 Å². The number of ether oxygens (including phenoxy) is 1. The summed E-state index contributed by atoms with van der Waals surface area (Å²) < 4.78 is 8.22. The maximum absolute atomic E-state index is 12.7. The fourth-order valence-corrected chi connectivity index (χ4v) is 3.47. The topological polar surface area (TPSA) is 99.3 Å². The van der Waals surface area contributed by atoms with Crippen molar-refractivity contribution in [2.45, 2.75) is 12.5 Å². The highest BCUT2D eigenvalue weighted by atomic mass is 16.5. The average molecular weight is 395 g/mol. The summed E-state index contributed by atoms with van der Waals surface area (Å²) in [5, 5.41) is 0.359. The largest absolute Gasteiger partial charge is 0.368 e. The quantitative estimate of drug-likeness (QED) is 0.627. The van der Waals surface area contributed by atoms with E-state index in [4.69, 9.17) is 4.74 Å². The van der Waals surface area contributed by atoms with Gasteiger partial charge in [-0.25, -0.2) is 9.78 Å². The molecule has 150 valence electrons. The van der Waals surface area contributed by atoms with E-state index in [0.717, 1.165) is 10.3 Å². The molecule has 0 N–H and O–H groups in total. The van der Waals surface area contributed by atoms with Crippen molar-refractivity contribution in [3.8, 4) is 0 Å². The van der Waals surface area contributed by atoms with E-state index in [1.54, 1.807) is 30.3 Å². The van der Waals surface area contributed by atoms with Crippen LogP contribution in [0.25, 0.3) is 11.0 Å². The minimum absolute atomic E-state index is 0.0286. The number of aromatic nitrogens is 4. The highest BCUT2D eigenvalue weighted by molar-refractivity contribution is 5.78. The first-order chi connectivity index (χ1) is 14.0. The smallest absolute Gasteiger partial charge is 0.332 e. The van der Waals surface area contributed by atoms with E-state index >= 15 is 0 Å². The molecule has 9 nitrogen and oxygen atoms in total. The second-order valence-electron chi connectivity index (χ2n) is 7.01. The van der Waals surface area contributed by atoms with E-state index in [1.807, 2.05) is 18.2 Å². The molecule has 0 radical (unpaired) electrons. The molecule has 1 aliphatic heterocycles. The molecule has 0 aromatic carbocycles. The van der Waals surface area contributed by atoms with Gasteiger partial charge in [-0.3, -0.25) is 23.7 Å². The van der Waals surface area contributed by atoms with Gasteiger partial charge in [-0.05, 0) is 24.3 Å². The van der Waals surface area contributed by atoms with E-state index in [0.29, 0.717) is 36.4 Å². The summed E-state index contributed by atoms with van der Waals surface area (Å²) in [6, 6.07) is 8.85. The van der Waals surface area contributed by atoms with Crippen molar-refractivity contribution in [1.82, 2.24) is 24.0 Å². The number of hydrogen-bond donors (Lipinski definition) is 0. The Morgan fingerprint density at radius 1 is 1.17 bits per heavy atom. The number of amides is 1. The average Bonchev–Trinajstić information content (AvgIpc) is 2.76. The third-order valence-corrected chi connectivity index (χ3v) is 5.13. The fourth-order valence-electron chi connectivity index (χ4n) is 3.47. The van der Waals surface area contributed by atoms with Gasteiger partial charge in [-0.1, -0.05) is 6.07 Å². The molecule has 1 atom stereocenters. The molecule has 4 rings (SSSR count). The van der Waals surface area contributed by atoms with Crippen LogP contribution >= 0.6 is 0 Å². The molecule has 0 bridgehead atoms. The lowest BCUT2D eigenvalue weighted by atomic mass is 10.1. The molecule has 0 saturated carbocycles. The Hall–Kier alpha value is -3.33. The minimum Gasteiger partial charge on any atom is -0.368 e. The van der Waals surface area contributed by atoms with Crippen LogP contribution in [-0.2, 0) is 30.0 Å². The maximum Gasteiger partial charge on any atom is 0.332 e. The molecule has 4 heterocycles. The van der Waals surface area contributed by atoms with E-state index in [9.17, 15) is 14.4 Å². The van der Waals surface area contributed by atoms with E-state index in [2.05, 4.69) is 9.97 Å². The van der Waals surface area contributed by atoms with Crippen molar-refractivity contribution in [2.24, 2.45) is 14.1 Å². The molecule has 29 heavy (non-hydrogen) atoms. The van der Waals surface area contributed by atoms with E-state index in [1.165, 1.54) is 11.6 Å². The Morgan fingerprint density at radius 3 is 2.76 bits per heavy atom. The zero-order chi connectivity index (χ0) is 20.5. The molecule has 1 amide bonds. The van der Waals surface area contributed by atoms with Crippen LogP contribution in [0, 0.1) is 0 Å². The van der Waals surface area contributed by atoms with Gasteiger partial charge in [0.15, 0.2) is 0 Å². The number of hydrogen-bond acceptors (Lipinski definition) is 6. The lowest BCUT2D eigenvalue weighted by Crippen LogP contribution is -2.43. The van der Waals surface area contributed by atoms with Crippen molar-refractivity contribution in [2.75, 3.05) is 19.7 Å². The Balaban J connectivity index is 1.60. The number of fused-ring (bicyclic) bond motifs is 1. The monoisotopic (exact) mass is 395 g/mol. The van der Waals surface area contributed by atoms with Crippen LogP contribution in [0.3, 0.4) is 0 Å². The summed E-state index contributed by atoms with van der Waals surface area (Å²) in [7, 11) is 3.01. The van der Waals surface area contributed by atoms with Gasteiger partial charge in [0.25, 0.3) is 5.56 Å². The molecule has 1 aliphatic rings. The number of rotatable bonds is 3. The first-order valence-corrected chi connectivity index (χ1v) is 9.31. The van der Waals surface area contributed by atoms with Crippen molar-refractivity contribution >= 4 is 16.9 Å². The summed E-state index contributed by atoms with van der Waals surface area (Å²) in [6.07, 6.45) is 1.46. The first-order valence-electron chi connectivity index (χ1n) is 9.31. The summed E-state index contributed by atoms with van der Waals surface area (Å²) >= 11 is 0. The molecule has 1 fully saturated rings. The van der Waals surface area contributed by atoms with Crippen LogP contribution in [-0.4, -0.2) is 49.6 Å². The van der Waals surface area contributed by atoms with Gasteiger partial charge in [0, 0.05) is 32.5 Å². The zero-order valence-corrected chi connectivity index (χ0v) is 16.2. The first kappa shape index (κ1) is 19.0. The molecule has 1 saturated heterocycles. The standard InChI is InChI=1S/C20H21N5O4/c1-23-18-14(19(27)24(2)20(23)28)6-7-15(22-18)16-12-25(9-10-29-16)17(26)11-13-5-3-4-8-21-13/h3-8,16H,9-12H2,1-2H3/t16-/m0/s1. The molecule has 9 heteroatoms. The van der Waals surface area contributed by atoms with Crippen molar-refractivity contribution in [3.63, 3.8) is 0 Å². The molecule has 0 spiro atoms. The van der Waals surface area contributed by atoms with Gasteiger partial charge >= 0.3 is 5.69 Å². The molecule has 0 unspecified atom stereocenters. The normalized spacial score (nSPS) is 16.9. The Morgan fingerprint density at radius 2 is 2.00 bits per heavy atom. The number of carbonyl (C=O) groups is 1. The van der Waals surface area contributed by atoms with Gasteiger partial charge in [-0.2, -0.15) is 0 Å².